The zero-order chi connectivity index (χ0) is 15.1. The molecule has 0 aromatic heterocycles. The van der Waals surface area contributed by atoms with E-state index >= 15 is 0 Å². The van der Waals surface area contributed by atoms with E-state index in [-0.39, 0.29) is 23.9 Å². The summed E-state index contributed by atoms with van der Waals surface area (Å²) in [7, 11) is 0. The van der Waals surface area contributed by atoms with Crippen LogP contribution in [0.5, 0.6) is 0 Å². The smallest absolute Gasteiger partial charge is 0.247 e. The molecule has 1 N–H and O–H groups in total. The summed E-state index contributed by atoms with van der Waals surface area (Å²) in [5.41, 5.74) is 0. The summed E-state index contributed by atoms with van der Waals surface area (Å²) in [6, 6.07) is -0.218. The van der Waals surface area contributed by atoms with E-state index in [1.165, 1.54) is 17.7 Å². The van der Waals surface area contributed by atoms with Crippen molar-refractivity contribution >= 4 is 11.8 Å². The average molecular weight is 282 g/mol. The van der Waals surface area contributed by atoms with E-state index in [2.05, 4.69) is 19.2 Å². The third-order valence-electron chi connectivity index (χ3n) is 4.09. The van der Waals surface area contributed by atoms with Gasteiger partial charge >= 0.3 is 0 Å². The van der Waals surface area contributed by atoms with Crippen LogP contribution in [0.3, 0.4) is 0 Å². The van der Waals surface area contributed by atoms with Gasteiger partial charge in [0.15, 0.2) is 0 Å². The molecule has 1 unspecified atom stereocenters. The van der Waals surface area contributed by atoms with Crippen LogP contribution in [0.15, 0.2) is 0 Å². The van der Waals surface area contributed by atoms with Crippen LogP contribution in [0.25, 0.3) is 0 Å². The molecule has 4 heteroatoms. The molecule has 1 saturated heterocycles. The first-order valence-corrected chi connectivity index (χ1v) is 8.10. The number of amides is 2. The van der Waals surface area contributed by atoms with Gasteiger partial charge in [-0.1, -0.05) is 40.5 Å². The Morgan fingerprint density at radius 2 is 1.85 bits per heavy atom. The molecule has 1 atom stereocenters. The number of nitrogens with one attached hydrogen (secondary N) is 1. The number of rotatable bonds is 9. The maximum absolute atomic E-state index is 12.3. The second kappa shape index (κ2) is 8.40. The number of likely N-dealkylation sites (tertiary alicyclic amines) is 1. The van der Waals surface area contributed by atoms with Gasteiger partial charge in [0.2, 0.25) is 11.8 Å². The number of hydrogen-bond acceptors (Lipinski definition) is 3. The number of unbranched alkanes of at least 4 members (excludes halogenated alkanes) is 1. The molecule has 0 bridgehead atoms. The molecule has 1 heterocycles. The average Bonchev–Trinajstić information content (AvgIpc) is 2.67. The van der Waals surface area contributed by atoms with Crippen molar-refractivity contribution in [1.82, 2.24) is 10.2 Å². The van der Waals surface area contributed by atoms with Crippen LogP contribution in [0.4, 0.5) is 0 Å². The van der Waals surface area contributed by atoms with Crippen molar-refractivity contribution in [1.29, 1.82) is 0 Å². The Balaban J connectivity index is 2.38. The minimum atomic E-state index is -0.290. The minimum Gasteiger partial charge on any atom is -0.305 e. The van der Waals surface area contributed by atoms with Crippen molar-refractivity contribution in [3.8, 4) is 0 Å². The van der Waals surface area contributed by atoms with Gasteiger partial charge in [-0.2, -0.15) is 0 Å². The number of nitrogens with zero attached hydrogens (tertiary/aromatic N) is 1. The molecule has 1 fully saturated rings. The number of imide groups is 1. The minimum absolute atomic E-state index is 0.0108. The van der Waals surface area contributed by atoms with Crippen molar-refractivity contribution in [2.24, 2.45) is 5.92 Å². The largest absolute Gasteiger partial charge is 0.305 e. The fourth-order valence-electron chi connectivity index (χ4n) is 2.80. The molecule has 0 aromatic rings. The van der Waals surface area contributed by atoms with Crippen molar-refractivity contribution < 1.29 is 9.59 Å². The van der Waals surface area contributed by atoms with Crippen LogP contribution in [0.1, 0.15) is 66.2 Å². The topological polar surface area (TPSA) is 49.4 Å². The van der Waals surface area contributed by atoms with Crippen LogP contribution < -0.4 is 5.32 Å². The normalized spacial score (nSPS) is 19.7. The van der Waals surface area contributed by atoms with Crippen LogP contribution >= 0.6 is 0 Å². The van der Waals surface area contributed by atoms with Gasteiger partial charge in [-0.3, -0.25) is 14.5 Å². The quantitative estimate of drug-likeness (QED) is 0.522. The molecule has 20 heavy (non-hydrogen) atoms. The third-order valence-corrected chi connectivity index (χ3v) is 4.09. The molecule has 0 aromatic carbocycles. The first kappa shape index (κ1) is 17.2. The van der Waals surface area contributed by atoms with E-state index in [1.54, 1.807) is 0 Å². The molecule has 0 spiro atoms. The van der Waals surface area contributed by atoms with E-state index in [0.717, 1.165) is 31.7 Å². The van der Waals surface area contributed by atoms with Crippen LogP contribution in [0, 0.1) is 5.92 Å². The standard InChI is InChI=1S/C16H30N2O2/c1-5-13(6-2)18-15(19)11-14(16(18)20)17-10-8-7-9-12(3)4/h12-14,17H,5-11H2,1-4H3. The summed E-state index contributed by atoms with van der Waals surface area (Å²) in [5, 5.41) is 3.26. The van der Waals surface area contributed by atoms with Gasteiger partial charge in [0.25, 0.3) is 0 Å². The SMILES string of the molecule is CCC(CC)N1C(=O)CC(NCCCCC(C)C)C1=O. The van der Waals surface area contributed by atoms with Gasteiger partial charge in [-0.15, -0.1) is 0 Å². The summed E-state index contributed by atoms with van der Waals surface area (Å²) >= 11 is 0. The monoisotopic (exact) mass is 282 g/mol. The van der Waals surface area contributed by atoms with Gasteiger partial charge < -0.3 is 5.32 Å². The zero-order valence-electron chi connectivity index (χ0n) is 13.4. The summed E-state index contributed by atoms with van der Waals surface area (Å²) in [5.74, 6) is 0.700. The fraction of sp³-hybridized carbons (Fsp3) is 0.875. The highest BCUT2D eigenvalue weighted by atomic mass is 16.2. The van der Waals surface area contributed by atoms with Gasteiger partial charge in [0, 0.05) is 6.04 Å². The van der Waals surface area contributed by atoms with Crippen LogP contribution in [-0.2, 0) is 9.59 Å². The van der Waals surface area contributed by atoms with Crippen molar-refractivity contribution in [2.45, 2.75) is 78.3 Å². The van der Waals surface area contributed by atoms with Crippen molar-refractivity contribution in [2.75, 3.05) is 6.54 Å². The molecule has 2 amide bonds. The number of carbonyl (C=O) groups is 2. The third kappa shape index (κ3) is 4.58. The predicted molar refractivity (Wildman–Crippen MR) is 81.3 cm³/mol. The Bertz CT molecular complexity index is 324. The van der Waals surface area contributed by atoms with Gasteiger partial charge in [0.1, 0.15) is 0 Å². The van der Waals surface area contributed by atoms with Crippen molar-refractivity contribution in [3.63, 3.8) is 0 Å². The molecule has 0 saturated carbocycles. The Labute approximate surface area is 123 Å². The lowest BCUT2D eigenvalue weighted by Gasteiger charge is -2.24. The lowest BCUT2D eigenvalue weighted by atomic mass is 10.1. The van der Waals surface area contributed by atoms with Gasteiger partial charge in [0.05, 0.1) is 12.5 Å². The molecule has 4 nitrogen and oxygen atoms in total. The zero-order valence-corrected chi connectivity index (χ0v) is 13.4. The van der Waals surface area contributed by atoms with E-state index in [1.807, 2.05) is 13.8 Å². The van der Waals surface area contributed by atoms with Crippen LogP contribution in [-0.4, -0.2) is 35.3 Å². The summed E-state index contributed by atoms with van der Waals surface area (Å²) in [6.07, 6.45) is 5.49. The van der Waals surface area contributed by atoms with Gasteiger partial charge in [-0.25, -0.2) is 0 Å². The molecule has 0 aliphatic carbocycles. The van der Waals surface area contributed by atoms with Crippen molar-refractivity contribution in [3.05, 3.63) is 0 Å². The summed E-state index contributed by atoms with van der Waals surface area (Å²) in [4.78, 5) is 25.8. The molecule has 1 aliphatic heterocycles. The predicted octanol–water partition coefficient (Wildman–Crippen LogP) is 2.72. The Kier molecular flexibility index (Phi) is 7.20. The molecule has 116 valence electrons. The highest BCUT2D eigenvalue weighted by molar-refractivity contribution is 6.05. The van der Waals surface area contributed by atoms with E-state index in [9.17, 15) is 9.59 Å². The molecule has 0 radical (unpaired) electrons. The molecular formula is C16H30N2O2. The number of carbonyl (C=O) groups excluding carboxylic acids is 2. The fourth-order valence-corrected chi connectivity index (χ4v) is 2.80. The van der Waals surface area contributed by atoms with E-state index in [4.69, 9.17) is 0 Å². The molecular weight excluding hydrogens is 252 g/mol. The molecule has 1 aliphatic rings. The first-order valence-electron chi connectivity index (χ1n) is 8.10. The second-order valence-corrected chi connectivity index (χ2v) is 6.17. The highest BCUT2D eigenvalue weighted by Crippen LogP contribution is 2.20. The first-order chi connectivity index (χ1) is 9.51. The summed E-state index contributed by atoms with van der Waals surface area (Å²) in [6.45, 7) is 9.33. The van der Waals surface area contributed by atoms with E-state index < -0.39 is 0 Å². The second-order valence-electron chi connectivity index (χ2n) is 6.17. The Morgan fingerprint density at radius 1 is 1.20 bits per heavy atom. The summed E-state index contributed by atoms with van der Waals surface area (Å²) < 4.78 is 0. The Morgan fingerprint density at radius 3 is 2.40 bits per heavy atom. The Hall–Kier alpha value is -0.900. The van der Waals surface area contributed by atoms with Crippen LogP contribution in [0.2, 0.25) is 0 Å². The lowest BCUT2D eigenvalue weighted by molar-refractivity contribution is -0.141. The van der Waals surface area contributed by atoms with Gasteiger partial charge in [-0.05, 0) is 31.7 Å². The maximum atomic E-state index is 12.3. The number of hydrogen-bond donors (Lipinski definition) is 1. The lowest BCUT2D eigenvalue weighted by Crippen LogP contribution is -2.43. The maximum Gasteiger partial charge on any atom is 0.247 e. The van der Waals surface area contributed by atoms with E-state index in [0.29, 0.717) is 6.42 Å². The highest BCUT2D eigenvalue weighted by Gasteiger charge is 2.40. The molecule has 1 rings (SSSR count).